The molecule has 0 aliphatic heterocycles. The molecule has 0 radical (unpaired) electrons. The predicted octanol–water partition coefficient (Wildman–Crippen LogP) is 1.03. The third kappa shape index (κ3) is 1.68. The van der Waals surface area contributed by atoms with Gasteiger partial charge in [-0.25, -0.2) is 0 Å². The van der Waals surface area contributed by atoms with Crippen molar-refractivity contribution in [3.63, 3.8) is 0 Å². The largest absolute Gasteiger partial charge is 0.392 e. The van der Waals surface area contributed by atoms with E-state index in [9.17, 15) is 0 Å². The van der Waals surface area contributed by atoms with Crippen LogP contribution in [-0.2, 0) is 0 Å². The summed E-state index contributed by atoms with van der Waals surface area (Å²) in [6.07, 6.45) is 3.57. The van der Waals surface area contributed by atoms with E-state index >= 15 is 0 Å². The average molecular weight is 152 g/mol. The van der Waals surface area contributed by atoms with E-state index in [2.05, 4.69) is 10.2 Å². The van der Waals surface area contributed by atoms with Gasteiger partial charge in [-0.2, -0.15) is 5.10 Å². The van der Waals surface area contributed by atoms with Crippen LogP contribution in [0.15, 0.2) is 6.08 Å². The quantitative estimate of drug-likeness (QED) is 0.665. The first-order valence-corrected chi connectivity index (χ1v) is 3.54. The van der Waals surface area contributed by atoms with E-state index in [0.717, 1.165) is 17.0 Å². The van der Waals surface area contributed by atoms with Crippen LogP contribution in [0.25, 0.3) is 6.08 Å². The molecule has 0 spiro atoms. The molecule has 0 atom stereocenters. The van der Waals surface area contributed by atoms with Gasteiger partial charge in [-0.15, -0.1) is 0 Å². The number of hydrogen-bond donors (Lipinski definition) is 2. The van der Waals surface area contributed by atoms with E-state index in [1.165, 1.54) is 0 Å². The molecule has 60 valence electrons. The summed E-state index contributed by atoms with van der Waals surface area (Å²) in [5.41, 5.74) is 3.07. The summed E-state index contributed by atoms with van der Waals surface area (Å²) in [5, 5.41) is 15.4. The Balaban J connectivity index is 2.92. The highest BCUT2D eigenvalue weighted by molar-refractivity contribution is 5.53. The highest BCUT2D eigenvalue weighted by Crippen LogP contribution is 2.10. The van der Waals surface area contributed by atoms with Crippen molar-refractivity contribution in [1.82, 2.24) is 10.2 Å². The molecule has 0 saturated carbocycles. The van der Waals surface area contributed by atoms with Gasteiger partial charge in [0.1, 0.15) is 0 Å². The van der Waals surface area contributed by atoms with Gasteiger partial charge in [-0.05, 0) is 13.8 Å². The number of aliphatic hydroxyl groups excluding tert-OH is 1. The predicted molar refractivity (Wildman–Crippen MR) is 44.2 cm³/mol. The maximum absolute atomic E-state index is 8.53. The Labute approximate surface area is 65.8 Å². The molecule has 0 aromatic carbocycles. The van der Waals surface area contributed by atoms with Crippen molar-refractivity contribution in [2.75, 3.05) is 6.61 Å². The lowest BCUT2D eigenvalue weighted by Gasteiger charge is -1.89. The number of rotatable bonds is 2. The second-order valence-corrected chi connectivity index (χ2v) is 2.43. The lowest BCUT2D eigenvalue weighted by molar-refractivity contribution is 0.343. The summed E-state index contributed by atoms with van der Waals surface area (Å²) in [6, 6.07) is 0. The molecule has 0 fully saturated rings. The fraction of sp³-hybridized carbons (Fsp3) is 0.375. The van der Waals surface area contributed by atoms with Crippen molar-refractivity contribution < 1.29 is 5.11 Å². The molecule has 0 aliphatic rings. The van der Waals surface area contributed by atoms with Gasteiger partial charge >= 0.3 is 0 Å². The molecule has 3 nitrogen and oxygen atoms in total. The second-order valence-electron chi connectivity index (χ2n) is 2.43. The van der Waals surface area contributed by atoms with Gasteiger partial charge in [0.05, 0.1) is 12.3 Å². The number of aliphatic hydroxyl groups is 1. The minimum atomic E-state index is 0.0735. The minimum Gasteiger partial charge on any atom is -0.392 e. The minimum absolute atomic E-state index is 0.0735. The third-order valence-electron chi connectivity index (χ3n) is 1.58. The molecule has 1 aromatic heterocycles. The summed E-state index contributed by atoms with van der Waals surface area (Å²) in [4.78, 5) is 0. The van der Waals surface area contributed by atoms with E-state index < -0.39 is 0 Å². The van der Waals surface area contributed by atoms with Crippen molar-refractivity contribution >= 4 is 6.08 Å². The SMILES string of the molecule is Cc1n[nH]c(C)c1C=CCO. The molecule has 1 heterocycles. The lowest BCUT2D eigenvalue weighted by Crippen LogP contribution is -1.78. The number of hydrogen-bond acceptors (Lipinski definition) is 2. The highest BCUT2D eigenvalue weighted by Gasteiger charge is 2.00. The lowest BCUT2D eigenvalue weighted by atomic mass is 10.2. The number of aromatic nitrogens is 2. The molecular weight excluding hydrogens is 140 g/mol. The number of nitrogens with one attached hydrogen (secondary N) is 1. The zero-order chi connectivity index (χ0) is 8.27. The van der Waals surface area contributed by atoms with Crippen molar-refractivity contribution in [3.8, 4) is 0 Å². The van der Waals surface area contributed by atoms with Crippen LogP contribution in [0.3, 0.4) is 0 Å². The topological polar surface area (TPSA) is 48.9 Å². The maximum atomic E-state index is 8.53. The molecule has 0 saturated heterocycles. The number of nitrogens with zero attached hydrogens (tertiary/aromatic N) is 1. The molecule has 0 amide bonds. The van der Waals surface area contributed by atoms with E-state index in [4.69, 9.17) is 5.11 Å². The van der Waals surface area contributed by atoms with Crippen molar-refractivity contribution in [2.45, 2.75) is 13.8 Å². The molecule has 1 aromatic rings. The molecule has 0 aliphatic carbocycles. The van der Waals surface area contributed by atoms with E-state index in [1.807, 2.05) is 19.9 Å². The molecule has 3 heteroatoms. The summed E-state index contributed by atoms with van der Waals surface area (Å²) >= 11 is 0. The number of aryl methyl sites for hydroxylation is 2. The monoisotopic (exact) mass is 152 g/mol. The van der Waals surface area contributed by atoms with Gasteiger partial charge < -0.3 is 5.11 Å². The van der Waals surface area contributed by atoms with Crippen LogP contribution in [0.5, 0.6) is 0 Å². The van der Waals surface area contributed by atoms with Crippen molar-refractivity contribution in [3.05, 3.63) is 23.0 Å². The van der Waals surface area contributed by atoms with E-state index in [0.29, 0.717) is 0 Å². The van der Waals surface area contributed by atoms with Crippen LogP contribution >= 0.6 is 0 Å². The first-order chi connectivity index (χ1) is 5.25. The van der Waals surface area contributed by atoms with Crippen molar-refractivity contribution in [1.29, 1.82) is 0 Å². The molecule has 1 rings (SSSR count). The molecule has 0 unspecified atom stereocenters. The maximum Gasteiger partial charge on any atom is 0.0666 e. The van der Waals surface area contributed by atoms with E-state index in [1.54, 1.807) is 6.08 Å². The van der Waals surface area contributed by atoms with Crippen LogP contribution in [0.1, 0.15) is 17.0 Å². The highest BCUT2D eigenvalue weighted by atomic mass is 16.2. The molecule has 0 bridgehead atoms. The Hall–Kier alpha value is -1.09. The van der Waals surface area contributed by atoms with Gasteiger partial charge in [-0.1, -0.05) is 12.2 Å². The average Bonchev–Trinajstić information content (AvgIpc) is 2.29. The van der Waals surface area contributed by atoms with Gasteiger partial charge in [-0.3, -0.25) is 5.10 Å². The Kier molecular flexibility index (Phi) is 2.44. The zero-order valence-corrected chi connectivity index (χ0v) is 6.76. The van der Waals surface area contributed by atoms with Crippen molar-refractivity contribution in [2.24, 2.45) is 0 Å². The first kappa shape index (κ1) is 8.01. The summed E-state index contributed by atoms with van der Waals surface area (Å²) < 4.78 is 0. The van der Waals surface area contributed by atoms with Crippen LogP contribution in [-0.4, -0.2) is 21.9 Å². The molecule has 2 N–H and O–H groups in total. The van der Waals surface area contributed by atoms with Gasteiger partial charge in [0, 0.05) is 11.3 Å². The Morgan fingerprint density at radius 3 is 2.73 bits per heavy atom. The normalized spacial score (nSPS) is 11.2. The fourth-order valence-corrected chi connectivity index (χ4v) is 0.976. The summed E-state index contributed by atoms with van der Waals surface area (Å²) in [5.74, 6) is 0. The van der Waals surface area contributed by atoms with E-state index in [-0.39, 0.29) is 6.61 Å². The fourth-order valence-electron chi connectivity index (χ4n) is 0.976. The van der Waals surface area contributed by atoms with Gasteiger partial charge in [0.2, 0.25) is 0 Å². The molecule has 11 heavy (non-hydrogen) atoms. The first-order valence-electron chi connectivity index (χ1n) is 3.54. The number of aromatic amines is 1. The van der Waals surface area contributed by atoms with Crippen LogP contribution < -0.4 is 0 Å². The Bertz CT molecular complexity index is 244. The Morgan fingerprint density at radius 2 is 2.27 bits per heavy atom. The summed E-state index contributed by atoms with van der Waals surface area (Å²) in [7, 11) is 0. The third-order valence-corrected chi connectivity index (χ3v) is 1.58. The standard InChI is InChI=1S/C8H12N2O/c1-6-8(4-3-5-11)7(2)10-9-6/h3-4,11H,5H2,1-2H3,(H,9,10). The van der Waals surface area contributed by atoms with Crippen LogP contribution in [0.4, 0.5) is 0 Å². The van der Waals surface area contributed by atoms with Gasteiger partial charge in [0.25, 0.3) is 0 Å². The Morgan fingerprint density at radius 1 is 1.55 bits per heavy atom. The van der Waals surface area contributed by atoms with Gasteiger partial charge in [0.15, 0.2) is 0 Å². The van der Waals surface area contributed by atoms with Crippen LogP contribution in [0, 0.1) is 13.8 Å². The molecular formula is C8H12N2O. The van der Waals surface area contributed by atoms with Crippen LogP contribution in [0.2, 0.25) is 0 Å². The smallest absolute Gasteiger partial charge is 0.0666 e. The summed E-state index contributed by atoms with van der Waals surface area (Å²) in [6.45, 7) is 3.96. The number of H-pyrrole nitrogens is 1. The zero-order valence-electron chi connectivity index (χ0n) is 6.76. The second kappa shape index (κ2) is 3.34.